The summed E-state index contributed by atoms with van der Waals surface area (Å²) in [6, 6.07) is 13.3. The van der Waals surface area contributed by atoms with Crippen LogP contribution in [0.1, 0.15) is 18.9 Å². The van der Waals surface area contributed by atoms with Gasteiger partial charge in [0.25, 0.3) is 0 Å². The summed E-state index contributed by atoms with van der Waals surface area (Å²) < 4.78 is 2.14. The van der Waals surface area contributed by atoms with E-state index in [-0.39, 0.29) is 6.42 Å². The zero-order valence-electron chi connectivity index (χ0n) is 12.8. The molecule has 1 heterocycles. The number of hydrogen-bond donors (Lipinski definition) is 1. The second kappa shape index (κ2) is 6.42. The summed E-state index contributed by atoms with van der Waals surface area (Å²) in [5.41, 5.74) is 3.43. The fourth-order valence-electron chi connectivity index (χ4n) is 2.76. The van der Waals surface area contributed by atoms with Crippen molar-refractivity contribution in [2.24, 2.45) is 0 Å². The molecule has 0 amide bonds. The predicted molar refractivity (Wildman–Crippen MR) is 91.8 cm³/mol. The van der Waals surface area contributed by atoms with Crippen LogP contribution in [-0.4, -0.2) is 20.6 Å². The summed E-state index contributed by atoms with van der Waals surface area (Å²) in [5, 5.41) is 9.61. The van der Waals surface area contributed by atoms with E-state index in [0.29, 0.717) is 5.02 Å². The maximum atomic E-state index is 10.9. The molecule has 0 aliphatic rings. The van der Waals surface area contributed by atoms with E-state index >= 15 is 0 Å². The van der Waals surface area contributed by atoms with E-state index in [1.165, 1.54) is 0 Å². The van der Waals surface area contributed by atoms with Crippen molar-refractivity contribution < 1.29 is 9.90 Å². The maximum Gasteiger partial charge on any atom is 0.307 e. The summed E-state index contributed by atoms with van der Waals surface area (Å²) in [6.07, 6.45) is 0.970. The van der Waals surface area contributed by atoms with Crippen LogP contribution in [0.15, 0.2) is 42.5 Å². The number of aryl methyl sites for hydroxylation is 1. The van der Waals surface area contributed by atoms with Crippen LogP contribution < -0.4 is 0 Å². The minimum Gasteiger partial charge on any atom is -0.481 e. The van der Waals surface area contributed by atoms with Crippen molar-refractivity contribution >= 4 is 28.6 Å². The van der Waals surface area contributed by atoms with E-state index in [2.05, 4.69) is 11.5 Å². The molecule has 3 aromatic rings. The molecule has 0 saturated carbocycles. The van der Waals surface area contributed by atoms with Gasteiger partial charge in [-0.05, 0) is 36.2 Å². The van der Waals surface area contributed by atoms with Crippen molar-refractivity contribution in [1.29, 1.82) is 0 Å². The summed E-state index contributed by atoms with van der Waals surface area (Å²) >= 11 is 6.33. The number of carbonyl (C=O) groups is 1. The van der Waals surface area contributed by atoms with Crippen LogP contribution >= 0.6 is 11.6 Å². The molecule has 1 N–H and O–H groups in total. The highest BCUT2D eigenvalue weighted by atomic mass is 35.5. The molecule has 0 spiro atoms. The first kappa shape index (κ1) is 15.6. The summed E-state index contributed by atoms with van der Waals surface area (Å²) in [7, 11) is 0. The van der Waals surface area contributed by atoms with Crippen LogP contribution in [0, 0.1) is 0 Å². The molecule has 0 saturated heterocycles. The van der Waals surface area contributed by atoms with Crippen molar-refractivity contribution in [2.45, 2.75) is 26.3 Å². The van der Waals surface area contributed by atoms with Crippen molar-refractivity contribution in [3.8, 4) is 11.4 Å². The zero-order valence-corrected chi connectivity index (χ0v) is 13.5. The standard InChI is InChI=1S/C18H17ClN2O2/c1-2-9-21-16-8-7-12(11-17(22)23)10-15(16)20-18(21)13-5-3-4-6-14(13)19/h3-8,10H,2,9,11H2,1H3,(H,22,23). The number of imidazole rings is 1. The van der Waals surface area contributed by atoms with Gasteiger partial charge in [-0.2, -0.15) is 0 Å². The lowest BCUT2D eigenvalue weighted by molar-refractivity contribution is -0.136. The van der Waals surface area contributed by atoms with Crippen LogP contribution in [0.25, 0.3) is 22.4 Å². The van der Waals surface area contributed by atoms with Crippen LogP contribution in [-0.2, 0) is 17.8 Å². The molecular formula is C18H17ClN2O2. The lowest BCUT2D eigenvalue weighted by Crippen LogP contribution is -2.01. The number of benzene rings is 2. The lowest BCUT2D eigenvalue weighted by atomic mass is 10.1. The Hall–Kier alpha value is -2.33. The van der Waals surface area contributed by atoms with Gasteiger partial charge in [0.2, 0.25) is 0 Å². The molecule has 0 unspecified atom stereocenters. The smallest absolute Gasteiger partial charge is 0.307 e. The molecule has 2 aromatic carbocycles. The molecule has 0 bridgehead atoms. The number of fused-ring (bicyclic) bond motifs is 1. The first-order valence-corrected chi connectivity index (χ1v) is 7.93. The Morgan fingerprint density at radius 1 is 1.26 bits per heavy atom. The molecule has 118 valence electrons. The van der Waals surface area contributed by atoms with E-state index in [1.54, 1.807) is 0 Å². The molecule has 3 rings (SSSR count). The molecule has 0 radical (unpaired) electrons. The van der Waals surface area contributed by atoms with Crippen LogP contribution in [0.2, 0.25) is 5.02 Å². The third-order valence-electron chi connectivity index (χ3n) is 3.73. The van der Waals surface area contributed by atoms with Crippen molar-refractivity contribution in [1.82, 2.24) is 9.55 Å². The predicted octanol–water partition coefficient (Wildman–Crippen LogP) is 4.39. The highest BCUT2D eigenvalue weighted by molar-refractivity contribution is 6.33. The van der Waals surface area contributed by atoms with Crippen LogP contribution in [0.3, 0.4) is 0 Å². The quantitative estimate of drug-likeness (QED) is 0.755. The van der Waals surface area contributed by atoms with Crippen LogP contribution in [0.5, 0.6) is 0 Å². The van der Waals surface area contributed by atoms with Crippen molar-refractivity contribution in [3.63, 3.8) is 0 Å². The van der Waals surface area contributed by atoms with E-state index in [0.717, 1.165) is 41.0 Å². The monoisotopic (exact) mass is 328 g/mol. The molecule has 23 heavy (non-hydrogen) atoms. The number of carboxylic acid groups (broad SMARTS) is 1. The van der Waals surface area contributed by atoms with Gasteiger partial charge in [-0.15, -0.1) is 0 Å². The Balaban J connectivity index is 2.19. The van der Waals surface area contributed by atoms with Gasteiger partial charge in [0.05, 0.1) is 22.5 Å². The maximum absolute atomic E-state index is 10.9. The Labute approximate surface area is 139 Å². The van der Waals surface area contributed by atoms with Gasteiger partial charge in [-0.1, -0.05) is 36.7 Å². The molecule has 0 atom stereocenters. The number of carboxylic acids is 1. The highest BCUT2D eigenvalue weighted by Gasteiger charge is 2.15. The fraction of sp³-hybridized carbons (Fsp3) is 0.222. The third kappa shape index (κ3) is 3.08. The van der Waals surface area contributed by atoms with Crippen molar-refractivity contribution in [3.05, 3.63) is 53.1 Å². The fourth-order valence-corrected chi connectivity index (χ4v) is 2.98. The number of nitrogens with zero attached hydrogens (tertiary/aromatic N) is 2. The number of hydrogen-bond acceptors (Lipinski definition) is 2. The van der Waals surface area contributed by atoms with E-state index in [1.807, 2.05) is 42.5 Å². The van der Waals surface area contributed by atoms with Gasteiger partial charge in [-0.3, -0.25) is 4.79 Å². The lowest BCUT2D eigenvalue weighted by Gasteiger charge is -2.09. The Morgan fingerprint density at radius 2 is 2.04 bits per heavy atom. The minimum absolute atomic E-state index is 0.00198. The summed E-state index contributed by atoms with van der Waals surface area (Å²) in [6.45, 7) is 2.94. The normalized spacial score (nSPS) is 11.0. The molecule has 0 aliphatic heterocycles. The number of rotatable bonds is 5. The topological polar surface area (TPSA) is 55.1 Å². The van der Waals surface area contributed by atoms with E-state index in [4.69, 9.17) is 21.7 Å². The second-order valence-electron chi connectivity index (χ2n) is 5.46. The molecule has 5 heteroatoms. The van der Waals surface area contributed by atoms with Gasteiger partial charge < -0.3 is 9.67 Å². The first-order valence-electron chi connectivity index (χ1n) is 7.56. The highest BCUT2D eigenvalue weighted by Crippen LogP contribution is 2.30. The molecular weight excluding hydrogens is 312 g/mol. The van der Waals surface area contributed by atoms with Gasteiger partial charge in [0, 0.05) is 12.1 Å². The average molecular weight is 329 g/mol. The Bertz CT molecular complexity index is 871. The van der Waals surface area contributed by atoms with Crippen LogP contribution in [0.4, 0.5) is 0 Å². The van der Waals surface area contributed by atoms with Gasteiger partial charge in [-0.25, -0.2) is 4.98 Å². The largest absolute Gasteiger partial charge is 0.481 e. The molecule has 4 nitrogen and oxygen atoms in total. The van der Waals surface area contributed by atoms with E-state index < -0.39 is 5.97 Å². The van der Waals surface area contributed by atoms with Gasteiger partial charge in [0.15, 0.2) is 0 Å². The minimum atomic E-state index is -0.844. The summed E-state index contributed by atoms with van der Waals surface area (Å²) in [4.78, 5) is 15.6. The first-order chi connectivity index (χ1) is 11.1. The zero-order chi connectivity index (χ0) is 16.4. The number of aromatic nitrogens is 2. The van der Waals surface area contributed by atoms with Gasteiger partial charge in [0.1, 0.15) is 5.82 Å². The Morgan fingerprint density at radius 3 is 2.74 bits per heavy atom. The number of halogens is 1. The molecule has 0 aliphatic carbocycles. The second-order valence-corrected chi connectivity index (χ2v) is 5.87. The number of aliphatic carboxylic acids is 1. The molecule has 0 fully saturated rings. The SMILES string of the molecule is CCCn1c(-c2ccccc2Cl)nc2cc(CC(=O)O)ccc21. The molecule has 1 aromatic heterocycles. The average Bonchev–Trinajstić information content (AvgIpc) is 2.85. The third-order valence-corrected chi connectivity index (χ3v) is 4.06. The Kier molecular flexibility index (Phi) is 4.35. The summed E-state index contributed by atoms with van der Waals surface area (Å²) in [5.74, 6) is -0.0245. The van der Waals surface area contributed by atoms with Crippen molar-refractivity contribution in [2.75, 3.05) is 0 Å². The van der Waals surface area contributed by atoms with Gasteiger partial charge >= 0.3 is 5.97 Å². The van der Waals surface area contributed by atoms with E-state index in [9.17, 15) is 4.79 Å².